The van der Waals surface area contributed by atoms with E-state index in [1.165, 1.54) is 0 Å². The van der Waals surface area contributed by atoms with Gasteiger partial charge >= 0.3 is 12.5 Å². The van der Waals surface area contributed by atoms with E-state index in [0.29, 0.717) is 0 Å². The van der Waals surface area contributed by atoms with Crippen LogP contribution in [0.15, 0.2) is 12.6 Å². The predicted octanol–water partition coefficient (Wildman–Crippen LogP) is 2.30. The van der Waals surface area contributed by atoms with E-state index in [9.17, 15) is 22.0 Å². The van der Waals surface area contributed by atoms with E-state index in [1.54, 1.807) is 0 Å². The van der Waals surface area contributed by atoms with Crippen molar-refractivity contribution in [1.29, 1.82) is 0 Å². The maximum absolute atomic E-state index is 11.5. The van der Waals surface area contributed by atoms with Crippen LogP contribution in [0.4, 0.5) is 22.0 Å². The van der Waals surface area contributed by atoms with Crippen molar-refractivity contribution in [3.8, 4) is 0 Å². The van der Waals surface area contributed by atoms with Crippen LogP contribution in [-0.2, 0) is 4.74 Å². The molecule has 0 radical (unpaired) electrons. The molecule has 0 unspecified atom stereocenters. The second-order valence-electron chi connectivity index (χ2n) is 1.24. The second kappa shape index (κ2) is 3.38. The van der Waals surface area contributed by atoms with Crippen molar-refractivity contribution in [2.24, 2.45) is 0 Å². The average Bonchev–Trinajstić information content (AvgIpc) is 1.84. The third-order valence-electron chi connectivity index (χ3n) is 0.531. The lowest BCUT2D eigenvalue weighted by Crippen LogP contribution is -2.27. The van der Waals surface area contributed by atoms with Gasteiger partial charge < -0.3 is 4.74 Å². The van der Waals surface area contributed by atoms with Crippen molar-refractivity contribution in [2.75, 3.05) is 0 Å². The van der Waals surface area contributed by atoms with Gasteiger partial charge in [0.2, 0.25) is 0 Å². The highest BCUT2D eigenvalue weighted by atomic mass is 19.3. The Bertz CT molecular complexity index is 121. The van der Waals surface area contributed by atoms with Gasteiger partial charge in [0.25, 0.3) is 0 Å². The van der Waals surface area contributed by atoms with Crippen LogP contribution >= 0.6 is 0 Å². The van der Waals surface area contributed by atoms with Crippen molar-refractivity contribution in [3.05, 3.63) is 12.6 Å². The molecule has 10 heavy (non-hydrogen) atoms. The Labute approximate surface area is 53.1 Å². The van der Waals surface area contributed by atoms with E-state index < -0.39 is 18.9 Å². The molecular weight excluding hydrogens is 159 g/mol. The van der Waals surface area contributed by atoms with E-state index in [-0.39, 0.29) is 6.26 Å². The normalized spacial score (nSPS) is 13.0. The van der Waals surface area contributed by atoms with Gasteiger partial charge in [0.15, 0.2) is 0 Å². The number of rotatable bonds is 3. The Morgan fingerprint density at radius 3 is 2.10 bits per heavy atom. The van der Waals surface area contributed by atoms with Crippen molar-refractivity contribution in [2.45, 2.75) is 12.5 Å². The minimum atomic E-state index is -4.61. The zero-order valence-electron chi connectivity index (χ0n) is 4.53. The van der Waals surface area contributed by atoms with Crippen molar-refractivity contribution in [3.63, 3.8) is 0 Å². The Hall–Kier alpha value is -0.810. The summed E-state index contributed by atoms with van der Waals surface area (Å²) in [5.41, 5.74) is 0. The van der Waals surface area contributed by atoms with E-state index in [0.717, 1.165) is 0 Å². The number of ether oxygens (including phenoxy) is 1. The fourth-order valence-corrected chi connectivity index (χ4v) is 0.168. The third-order valence-corrected chi connectivity index (χ3v) is 0.531. The highest BCUT2D eigenvalue weighted by Gasteiger charge is 2.42. The number of alkyl halides is 4. The van der Waals surface area contributed by atoms with E-state index in [1.807, 2.05) is 0 Å². The van der Waals surface area contributed by atoms with Gasteiger partial charge in [-0.25, -0.2) is 4.39 Å². The molecule has 0 aliphatic rings. The van der Waals surface area contributed by atoms with Gasteiger partial charge in [-0.3, -0.25) is 0 Å². The molecule has 0 amide bonds. The zero-order chi connectivity index (χ0) is 8.20. The van der Waals surface area contributed by atoms with E-state index >= 15 is 0 Å². The molecular formula is C4H3F5O. The zero-order valence-corrected chi connectivity index (χ0v) is 4.53. The monoisotopic (exact) mass is 162 g/mol. The molecule has 0 aromatic carbocycles. The molecule has 60 valence electrons. The molecule has 0 spiro atoms. The first-order valence-corrected chi connectivity index (χ1v) is 2.09. The summed E-state index contributed by atoms with van der Waals surface area (Å²) in [6.45, 7) is 0. The topological polar surface area (TPSA) is 9.23 Å². The van der Waals surface area contributed by atoms with Crippen LogP contribution in [0.3, 0.4) is 0 Å². The maximum atomic E-state index is 11.5. The Morgan fingerprint density at radius 2 is 1.80 bits per heavy atom. The molecule has 0 aromatic heterocycles. The SMILES string of the molecule is FC=COC(F)(F)C(F)F. The molecule has 0 rings (SSSR count). The fourth-order valence-electron chi connectivity index (χ4n) is 0.168. The Balaban J connectivity index is 3.86. The van der Waals surface area contributed by atoms with Gasteiger partial charge in [-0.2, -0.15) is 17.6 Å². The first-order valence-electron chi connectivity index (χ1n) is 2.09. The van der Waals surface area contributed by atoms with Gasteiger partial charge in [-0.1, -0.05) is 0 Å². The lowest BCUT2D eigenvalue weighted by molar-refractivity contribution is -0.275. The maximum Gasteiger partial charge on any atom is 0.460 e. The average molecular weight is 162 g/mol. The summed E-state index contributed by atoms with van der Waals surface area (Å²) in [5.74, 6) is 0. The fraction of sp³-hybridized carbons (Fsp3) is 0.500. The molecule has 1 nitrogen and oxygen atoms in total. The first kappa shape index (κ1) is 9.19. The molecule has 0 fully saturated rings. The smallest absolute Gasteiger partial charge is 0.434 e. The molecule has 0 saturated heterocycles. The Kier molecular flexibility index (Phi) is 3.11. The standard InChI is InChI=1S/C4H3F5O/c5-1-2-10-4(8,9)3(6)7/h1-3H. The van der Waals surface area contributed by atoms with Gasteiger partial charge in [0, 0.05) is 0 Å². The summed E-state index contributed by atoms with van der Waals surface area (Å²) in [6, 6.07) is 0. The van der Waals surface area contributed by atoms with Gasteiger partial charge in [-0.15, -0.1) is 0 Å². The van der Waals surface area contributed by atoms with Gasteiger partial charge in [0.1, 0.15) is 12.6 Å². The minimum Gasteiger partial charge on any atom is -0.434 e. The number of hydrogen-bond donors (Lipinski definition) is 0. The van der Waals surface area contributed by atoms with Crippen LogP contribution < -0.4 is 0 Å². The van der Waals surface area contributed by atoms with Crippen molar-refractivity contribution < 1.29 is 26.7 Å². The van der Waals surface area contributed by atoms with Crippen LogP contribution in [0.1, 0.15) is 0 Å². The summed E-state index contributed by atoms with van der Waals surface area (Å²) >= 11 is 0. The van der Waals surface area contributed by atoms with Crippen LogP contribution in [0.2, 0.25) is 0 Å². The van der Waals surface area contributed by atoms with Crippen LogP contribution in [0, 0.1) is 0 Å². The molecule has 0 atom stereocenters. The molecule has 0 aromatic rings. The first-order chi connectivity index (χ1) is 4.50. The van der Waals surface area contributed by atoms with Crippen LogP contribution in [0.5, 0.6) is 0 Å². The number of halogens is 5. The summed E-state index contributed by atoms with van der Waals surface area (Å²) in [7, 11) is 0. The number of hydrogen-bond acceptors (Lipinski definition) is 1. The lowest BCUT2D eigenvalue weighted by atomic mass is 10.6. The van der Waals surface area contributed by atoms with E-state index in [4.69, 9.17) is 0 Å². The molecule has 0 aliphatic heterocycles. The van der Waals surface area contributed by atoms with Crippen LogP contribution in [0.25, 0.3) is 0 Å². The van der Waals surface area contributed by atoms with Crippen molar-refractivity contribution >= 4 is 0 Å². The largest absolute Gasteiger partial charge is 0.460 e. The van der Waals surface area contributed by atoms with Gasteiger partial charge in [0.05, 0.1) is 0 Å². The Morgan fingerprint density at radius 1 is 1.30 bits per heavy atom. The summed E-state index contributed by atoms with van der Waals surface area (Å²) in [5, 5.41) is 0. The van der Waals surface area contributed by atoms with Crippen LogP contribution in [-0.4, -0.2) is 12.5 Å². The van der Waals surface area contributed by atoms with Gasteiger partial charge in [-0.05, 0) is 0 Å². The molecule has 6 heteroatoms. The summed E-state index contributed by atoms with van der Waals surface area (Å²) < 4.78 is 59.2. The van der Waals surface area contributed by atoms with E-state index in [2.05, 4.69) is 4.74 Å². The predicted molar refractivity (Wildman–Crippen MR) is 22.3 cm³/mol. The summed E-state index contributed by atoms with van der Waals surface area (Å²) in [4.78, 5) is 0. The van der Waals surface area contributed by atoms with Crippen molar-refractivity contribution in [1.82, 2.24) is 0 Å². The highest BCUT2D eigenvalue weighted by Crippen LogP contribution is 2.24. The molecule has 0 aliphatic carbocycles. The molecule has 0 N–H and O–H groups in total. The minimum absolute atomic E-state index is 0.147. The summed E-state index contributed by atoms with van der Waals surface area (Å²) in [6.07, 6.45) is -9.12. The third kappa shape index (κ3) is 2.65. The second-order valence-corrected chi connectivity index (χ2v) is 1.24. The highest BCUT2D eigenvalue weighted by molar-refractivity contribution is 4.64. The quantitative estimate of drug-likeness (QED) is 0.457. The lowest BCUT2D eigenvalue weighted by Gasteiger charge is -2.12. The molecule has 0 saturated carbocycles. The molecule has 0 bridgehead atoms. The molecule has 0 heterocycles.